The highest BCUT2D eigenvalue weighted by molar-refractivity contribution is 5.38. The Morgan fingerprint density at radius 1 is 1.25 bits per heavy atom. The molecule has 0 aromatic heterocycles. The lowest BCUT2D eigenvalue weighted by molar-refractivity contribution is 0.0526. The molecule has 1 aromatic rings. The van der Waals surface area contributed by atoms with Crippen LogP contribution in [0.2, 0.25) is 0 Å². The van der Waals surface area contributed by atoms with Gasteiger partial charge in [-0.05, 0) is 43.5 Å². The van der Waals surface area contributed by atoms with Crippen LogP contribution in [0.25, 0.3) is 0 Å². The van der Waals surface area contributed by atoms with E-state index in [1.165, 1.54) is 12.8 Å². The Bertz CT molecular complexity index is 377. The van der Waals surface area contributed by atoms with E-state index >= 15 is 0 Å². The molecule has 1 fully saturated rings. The average molecular weight is 216 g/mol. The van der Waals surface area contributed by atoms with Gasteiger partial charge in [0.1, 0.15) is 11.9 Å². The van der Waals surface area contributed by atoms with Crippen molar-refractivity contribution in [3.63, 3.8) is 0 Å². The van der Waals surface area contributed by atoms with Crippen LogP contribution >= 0.6 is 0 Å². The monoisotopic (exact) mass is 216 g/mol. The summed E-state index contributed by atoms with van der Waals surface area (Å²) in [6.45, 7) is 0.849. The standard InChI is InChI=1S/C14H16O2/c1-15-13-8-5-12(6-9-13)7-10-14-4-2-3-11-16-14/h5-6,8-9,14H,2-4,11H2,1H3/t14-/m1/s1. The van der Waals surface area contributed by atoms with Crippen LogP contribution in [0.4, 0.5) is 0 Å². The molecule has 1 aliphatic heterocycles. The van der Waals surface area contributed by atoms with E-state index in [-0.39, 0.29) is 6.10 Å². The Balaban J connectivity index is 1.99. The maximum absolute atomic E-state index is 5.55. The van der Waals surface area contributed by atoms with Crippen molar-refractivity contribution >= 4 is 0 Å². The molecule has 16 heavy (non-hydrogen) atoms. The highest BCUT2D eigenvalue weighted by Crippen LogP contribution is 2.13. The van der Waals surface area contributed by atoms with E-state index in [0.717, 1.165) is 24.3 Å². The highest BCUT2D eigenvalue weighted by Gasteiger charge is 2.09. The second-order valence-electron chi connectivity index (χ2n) is 3.85. The van der Waals surface area contributed by atoms with Gasteiger partial charge < -0.3 is 9.47 Å². The van der Waals surface area contributed by atoms with Crippen LogP contribution in [0.5, 0.6) is 5.75 Å². The summed E-state index contributed by atoms with van der Waals surface area (Å²) in [7, 11) is 1.66. The Labute approximate surface area is 96.6 Å². The van der Waals surface area contributed by atoms with Crippen molar-refractivity contribution in [2.24, 2.45) is 0 Å². The third kappa shape index (κ3) is 3.01. The van der Waals surface area contributed by atoms with Crippen LogP contribution < -0.4 is 4.74 Å². The molecule has 1 aromatic carbocycles. The molecule has 0 aliphatic carbocycles. The van der Waals surface area contributed by atoms with Gasteiger partial charge in [0.05, 0.1) is 7.11 Å². The molecule has 2 nitrogen and oxygen atoms in total. The lowest BCUT2D eigenvalue weighted by Gasteiger charge is -2.16. The van der Waals surface area contributed by atoms with Crippen molar-refractivity contribution in [3.05, 3.63) is 29.8 Å². The van der Waals surface area contributed by atoms with Gasteiger partial charge in [0.25, 0.3) is 0 Å². The number of hydrogen-bond acceptors (Lipinski definition) is 2. The van der Waals surface area contributed by atoms with Gasteiger partial charge in [0.15, 0.2) is 0 Å². The van der Waals surface area contributed by atoms with Gasteiger partial charge >= 0.3 is 0 Å². The van der Waals surface area contributed by atoms with Crippen molar-refractivity contribution in [1.29, 1.82) is 0 Å². The van der Waals surface area contributed by atoms with Crippen LogP contribution in [0.15, 0.2) is 24.3 Å². The maximum atomic E-state index is 5.55. The Morgan fingerprint density at radius 2 is 2.06 bits per heavy atom. The van der Waals surface area contributed by atoms with Crippen LogP contribution in [-0.4, -0.2) is 19.8 Å². The fourth-order valence-corrected chi connectivity index (χ4v) is 1.69. The number of methoxy groups -OCH3 is 1. The SMILES string of the molecule is COc1ccc(C#C[C@H]2CCCCO2)cc1. The van der Waals surface area contributed by atoms with E-state index in [4.69, 9.17) is 9.47 Å². The Hall–Kier alpha value is -1.46. The van der Waals surface area contributed by atoms with Crippen molar-refractivity contribution in [2.45, 2.75) is 25.4 Å². The van der Waals surface area contributed by atoms with Crippen molar-refractivity contribution in [3.8, 4) is 17.6 Å². The minimum atomic E-state index is 0.121. The first-order valence-corrected chi connectivity index (χ1v) is 5.66. The predicted octanol–water partition coefficient (Wildman–Crippen LogP) is 2.62. The molecule has 0 bridgehead atoms. The molecule has 0 spiro atoms. The second-order valence-corrected chi connectivity index (χ2v) is 3.85. The minimum absolute atomic E-state index is 0.121. The topological polar surface area (TPSA) is 18.5 Å². The molecule has 1 heterocycles. The number of ether oxygens (including phenoxy) is 2. The first-order chi connectivity index (χ1) is 7.88. The molecule has 0 saturated carbocycles. The highest BCUT2D eigenvalue weighted by atomic mass is 16.5. The maximum Gasteiger partial charge on any atom is 0.118 e. The van der Waals surface area contributed by atoms with E-state index in [0.29, 0.717) is 0 Å². The van der Waals surface area contributed by atoms with Crippen molar-refractivity contribution in [2.75, 3.05) is 13.7 Å². The van der Waals surface area contributed by atoms with Gasteiger partial charge in [-0.3, -0.25) is 0 Å². The lowest BCUT2D eigenvalue weighted by Crippen LogP contribution is -2.16. The third-order valence-electron chi connectivity index (χ3n) is 2.65. The third-order valence-corrected chi connectivity index (χ3v) is 2.65. The van der Waals surface area contributed by atoms with E-state index in [1.807, 2.05) is 24.3 Å². The van der Waals surface area contributed by atoms with Gasteiger partial charge in [-0.2, -0.15) is 0 Å². The molecule has 0 unspecified atom stereocenters. The van der Waals surface area contributed by atoms with Gasteiger partial charge in [-0.1, -0.05) is 11.8 Å². The fourth-order valence-electron chi connectivity index (χ4n) is 1.69. The zero-order valence-corrected chi connectivity index (χ0v) is 9.53. The largest absolute Gasteiger partial charge is 0.497 e. The van der Waals surface area contributed by atoms with Crippen LogP contribution in [0.1, 0.15) is 24.8 Å². The molecule has 2 rings (SSSR count). The van der Waals surface area contributed by atoms with Gasteiger partial charge in [0.2, 0.25) is 0 Å². The smallest absolute Gasteiger partial charge is 0.118 e. The molecular weight excluding hydrogens is 200 g/mol. The summed E-state index contributed by atoms with van der Waals surface area (Å²) in [5.41, 5.74) is 1.01. The van der Waals surface area contributed by atoms with Gasteiger partial charge in [-0.15, -0.1) is 0 Å². The van der Waals surface area contributed by atoms with E-state index in [2.05, 4.69) is 11.8 Å². The lowest BCUT2D eigenvalue weighted by atomic mass is 10.1. The summed E-state index contributed by atoms with van der Waals surface area (Å²) in [6.07, 6.45) is 3.57. The molecule has 2 heteroatoms. The van der Waals surface area contributed by atoms with Gasteiger partial charge in [0, 0.05) is 12.2 Å². The first kappa shape index (κ1) is 11.0. The first-order valence-electron chi connectivity index (χ1n) is 5.66. The fraction of sp³-hybridized carbons (Fsp3) is 0.429. The zero-order chi connectivity index (χ0) is 11.2. The number of benzene rings is 1. The molecule has 0 amide bonds. The summed E-state index contributed by atoms with van der Waals surface area (Å²) in [6, 6.07) is 7.78. The van der Waals surface area contributed by atoms with Crippen LogP contribution in [-0.2, 0) is 4.74 Å². The second kappa shape index (κ2) is 5.58. The normalized spacial score (nSPS) is 19.7. The molecule has 84 valence electrons. The Kier molecular flexibility index (Phi) is 3.85. The van der Waals surface area contributed by atoms with E-state index in [1.54, 1.807) is 7.11 Å². The van der Waals surface area contributed by atoms with Crippen molar-refractivity contribution < 1.29 is 9.47 Å². The number of hydrogen-bond donors (Lipinski definition) is 0. The summed E-state index contributed by atoms with van der Waals surface area (Å²) < 4.78 is 10.6. The summed E-state index contributed by atoms with van der Waals surface area (Å²) in [4.78, 5) is 0. The van der Waals surface area contributed by atoms with Crippen LogP contribution in [0.3, 0.4) is 0 Å². The molecule has 0 radical (unpaired) electrons. The molecule has 1 atom stereocenters. The predicted molar refractivity (Wildman–Crippen MR) is 63.5 cm³/mol. The number of rotatable bonds is 1. The molecule has 1 aliphatic rings. The molecule has 0 N–H and O–H groups in total. The van der Waals surface area contributed by atoms with E-state index in [9.17, 15) is 0 Å². The Morgan fingerprint density at radius 3 is 2.69 bits per heavy atom. The molecular formula is C14H16O2. The zero-order valence-electron chi connectivity index (χ0n) is 9.53. The summed E-state index contributed by atoms with van der Waals surface area (Å²) in [5.74, 6) is 7.16. The van der Waals surface area contributed by atoms with Crippen molar-refractivity contribution in [1.82, 2.24) is 0 Å². The van der Waals surface area contributed by atoms with E-state index < -0.39 is 0 Å². The van der Waals surface area contributed by atoms with Gasteiger partial charge in [-0.25, -0.2) is 0 Å². The summed E-state index contributed by atoms with van der Waals surface area (Å²) in [5, 5.41) is 0. The average Bonchev–Trinajstić information content (AvgIpc) is 2.38. The van der Waals surface area contributed by atoms with Crippen LogP contribution in [0, 0.1) is 11.8 Å². The molecule has 1 saturated heterocycles. The minimum Gasteiger partial charge on any atom is -0.497 e. The summed E-state index contributed by atoms with van der Waals surface area (Å²) >= 11 is 0. The quantitative estimate of drug-likeness (QED) is 0.672.